The summed E-state index contributed by atoms with van der Waals surface area (Å²) in [5, 5.41) is 0. The van der Waals surface area contributed by atoms with Crippen LogP contribution in [0.4, 0.5) is 0 Å². The summed E-state index contributed by atoms with van der Waals surface area (Å²) < 4.78 is 0. The Morgan fingerprint density at radius 2 is 1.93 bits per heavy atom. The van der Waals surface area contributed by atoms with Crippen LogP contribution in [-0.2, 0) is 0 Å². The molecule has 0 N–H and O–H groups in total. The number of fused-ring (bicyclic) bond motifs is 1. The summed E-state index contributed by atoms with van der Waals surface area (Å²) >= 11 is 0. The predicted molar refractivity (Wildman–Crippen MR) is 67.6 cm³/mol. The van der Waals surface area contributed by atoms with Crippen LogP contribution in [-0.4, -0.2) is 27.7 Å². The van der Waals surface area contributed by atoms with Crippen molar-refractivity contribution in [1.82, 2.24) is 0 Å². The number of hydrogen-bond donors (Lipinski definition) is 0. The summed E-state index contributed by atoms with van der Waals surface area (Å²) in [6.45, 7) is 7.02. The number of allylic oxidation sites excluding steroid dienone is 1. The van der Waals surface area contributed by atoms with Crippen molar-refractivity contribution >= 4 is 33.7 Å². The van der Waals surface area contributed by atoms with Crippen LogP contribution >= 0.6 is 0 Å². The molecule has 2 rings (SSSR count). The van der Waals surface area contributed by atoms with E-state index in [2.05, 4.69) is 50.4 Å². The second-order valence-corrected chi connectivity index (χ2v) is 7.47. The van der Waals surface area contributed by atoms with Gasteiger partial charge < -0.3 is 0 Å². The van der Waals surface area contributed by atoms with Crippen molar-refractivity contribution in [1.29, 1.82) is 0 Å². The molecule has 1 unspecified atom stereocenters. The third-order valence-corrected chi connectivity index (χ3v) is 4.82. The Bertz CT molecular complexity index is 355. The minimum Gasteiger partial charge on any atom is -0.0795 e. The molecule has 1 aromatic rings. The van der Waals surface area contributed by atoms with E-state index in [-0.39, 0.29) is 18.9 Å². The molecule has 1 aliphatic rings. The van der Waals surface area contributed by atoms with Gasteiger partial charge in [-0.15, -0.1) is 0 Å². The van der Waals surface area contributed by atoms with Gasteiger partial charge in [0.15, 0.2) is 0 Å². The van der Waals surface area contributed by atoms with E-state index in [0.29, 0.717) is 0 Å². The predicted octanol–water partition coefficient (Wildman–Crippen LogP) is 2.75. The van der Waals surface area contributed by atoms with Crippen molar-refractivity contribution in [2.24, 2.45) is 0 Å². The normalized spacial score (nSPS) is 18.1. The topological polar surface area (TPSA) is 0 Å². The molecule has 0 saturated carbocycles. The van der Waals surface area contributed by atoms with Crippen molar-refractivity contribution in [2.45, 2.75) is 25.6 Å². The second kappa shape index (κ2) is 4.53. The summed E-state index contributed by atoms with van der Waals surface area (Å²) in [5.41, 5.74) is 5.18. The zero-order valence-corrected chi connectivity index (χ0v) is 10.7. The molecule has 0 heterocycles. The molecule has 0 bridgehead atoms. The molecule has 0 aromatic heterocycles. The molecule has 0 aliphatic heterocycles. The van der Waals surface area contributed by atoms with Gasteiger partial charge in [-0.1, -0.05) is 49.0 Å². The van der Waals surface area contributed by atoms with Gasteiger partial charge in [0.05, 0.1) is 0 Å². The molecule has 69 valence electrons. The van der Waals surface area contributed by atoms with E-state index in [4.69, 9.17) is 0 Å². The van der Waals surface area contributed by atoms with Crippen molar-refractivity contribution in [3.63, 3.8) is 0 Å². The SMILES string of the molecule is Cc1ccc2c(c1)C([SiH](C)C)C=C2.[Li]. The Balaban J connectivity index is 0.000000980. The Kier molecular flexibility index (Phi) is 3.83. The molecule has 0 saturated heterocycles. The molecule has 0 amide bonds. The second-order valence-electron chi connectivity index (χ2n) is 4.26. The van der Waals surface area contributed by atoms with Gasteiger partial charge in [0.2, 0.25) is 0 Å². The van der Waals surface area contributed by atoms with Crippen LogP contribution in [0, 0.1) is 6.92 Å². The number of hydrogen-bond acceptors (Lipinski definition) is 0. The average Bonchev–Trinajstić information content (AvgIpc) is 2.46. The Morgan fingerprint density at radius 1 is 1.21 bits per heavy atom. The fourth-order valence-corrected chi connectivity index (χ4v) is 3.59. The van der Waals surface area contributed by atoms with Gasteiger partial charge in [-0.3, -0.25) is 0 Å². The number of benzene rings is 1. The molecule has 0 spiro atoms. The minimum absolute atomic E-state index is 0. The van der Waals surface area contributed by atoms with Gasteiger partial charge in [0.1, 0.15) is 0 Å². The molecule has 1 aliphatic carbocycles. The number of aryl methyl sites for hydroxylation is 1. The molecule has 0 fully saturated rings. The van der Waals surface area contributed by atoms with E-state index in [1.807, 2.05) is 0 Å². The van der Waals surface area contributed by atoms with E-state index < -0.39 is 8.80 Å². The summed E-state index contributed by atoms with van der Waals surface area (Å²) in [5.74, 6) is 0. The van der Waals surface area contributed by atoms with E-state index in [9.17, 15) is 0 Å². The monoisotopic (exact) mass is 195 g/mol. The Hall–Kier alpha value is -0.226. The zero-order valence-electron chi connectivity index (χ0n) is 9.54. The summed E-state index contributed by atoms with van der Waals surface area (Å²) in [6.07, 6.45) is 4.67. The molecule has 2 heteroatoms. The van der Waals surface area contributed by atoms with Gasteiger partial charge in [-0.05, 0) is 23.6 Å². The largest absolute Gasteiger partial charge is 0.0795 e. The van der Waals surface area contributed by atoms with Crippen LogP contribution in [0.3, 0.4) is 0 Å². The minimum atomic E-state index is -0.567. The first-order chi connectivity index (χ1) is 6.18. The zero-order chi connectivity index (χ0) is 9.42. The fraction of sp³-hybridized carbons (Fsp3) is 0.333. The molecular formula is C12H16LiSi. The molecule has 1 atom stereocenters. The van der Waals surface area contributed by atoms with Crippen molar-refractivity contribution < 1.29 is 0 Å². The van der Waals surface area contributed by atoms with Crippen molar-refractivity contribution in [3.05, 3.63) is 41.0 Å². The Morgan fingerprint density at radius 3 is 2.57 bits per heavy atom. The van der Waals surface area contributed by atoms with Crippen LogP contribution < -0.4 is 0 Å². The van der Waals surface area contributed by atoms with Gasteiger partial charge in [0, 0.05) is 27.7 Å². The maximum Gasteiger partial charge on any atom is 0.0436 e. The summed E-state index contributed by atoms with van der Waals surface area (Å²) in [4.78, 5) is 0. The molecule has 14 heavy (non-hydrogen) atoms. The van der Waals surface area contributed by atoms with Crippen LogP contribution in [0.25, 0.3) is 6.08 Å². The molecular weight excluding hydrogens is 179 g/mol. The first kappa shape index (κ1) is 11.8. The van der Waals surface area contributed by atoms with Crippen LogP contribution in [0.5, 0.6) is 0 Å². The standard InChI is InChI=1S/C12H16Si.Li/c1-9-4-5-10-6-7-12(13(2)3)11(10)8-9;/h4-8,12-13H,1-3H3;. The third kappa shape index (κ3) is 2.06. The van der Waals surface area contributed by atoms with Gasteiger partial charge in [-0.25, -0.2) is 0 Å². The first-order valence-electron chi connectivity index (χ1n) is 4.97. The van der Waals surface area contributed by atoms with Crippen LogP contribution in [0.2, 0.25) is 13.1 Å². The van der Waals surface area contributed by atoms with Gasteiger partial charge in [0.25, 0.3) is 0 Å². The van der Waals surface area contributed by atoms with E-state index >= 15 is 0 Å². The van der Waals surface area contributed by atoms with E-state index in [1.165, 1.54) is 11.1 Å². The molecule has 1 aromatic carbocycles. The van der Waals surface area contributed by atoms with Crippen molar-refractivity contribution in [2.75, 3.05) is 0 Å². The quantitative estimate of drug-likeness (QED) is 0.604. The average molecular weight is 195 g/mol. The Labute approximate surface area is 100 Å². The van der Waals surface area contributed by atoms with E-state index in [0.717, 1.165) is 5.54 Å². The number of rotatable bonds is 1. The molecule has 0 nitrogen and oxygen atoms in total. The maximum absolute atomic E-state index is 2.42. The summed E-state index contributed by atoms with van der Waals surface area (Å²) in [6, 6.07) is 6.80. The third-order valence-electron chi connectivity index (χ3n) is 2.80. The smallest absolute Gasteiger partial charge is 0.0436 e. The first-order valence-corrected chi connectivity index (χ1v) is 7.95. The van der Waals surface area contributed by atoms with Crippen LogP contribution in [0.1, 0.15) is 22.2 Å². The molecule has 1 radical (unpaired) electrons. The van der Waals surface area contributed by atoms with Gasteiger partial charge in [-0.2, -0.15) is 0 Å². The maximum atomic E-state index is 2.42. The fourth-order valence-electron chi connectivity index (χ4n) is 2.03. The van der Waals surface area contributed by atoms with Crippen molar-refractivity contribution in [3.8, 4) is 0 Å². The van der Waals surface area contributed by atoms with E-state index in [1.54, 1.807) is 5.56 Å². The summed E-state index contributed by atoms with van der Waals surface area (Å²) in [7, 11) is -0.567. The van der Waals surface area contributed by atoms with Gasteiger partial charge >= 0.3 is 0 Å². The van der Waals surface area contributed by atoms with Crippen LogP contribution in [0.15, 0.2) is 24.3 Å².